The summed E-state index contributed by atoms with van der Waals surface area (Å²) in [7, 11) is 0. The number of hydrogen-bond acceptors (Lipinski definition) is 5. The lowest BCUT2D eigenvalue weighted by Gasteiger charge is -2.39. The maximum atomic E-state index is 11.6. The summed E-state index contributed by atoms with van der Waals surface area (Å²) in [6, 6.07) is 0. The number of nitrogens with zero attached hydrogens (tertiary/aromatic N) is 1. The summed E-state index contributed by atoms with van der Waals surface area (Å²) in [5.41, 5.74) is 0. The third kappa shape index (κ3) is 3.74. The predicted octanol–water partition coefficient (Wildman–Crippen LogP) is 0.0715. The second-order valence-corrected chi connectivity index (χ2v) is 11.3. The van der Waals surface area contributed by atoms with Crippen molar-refractivity contribution in [2.75, 3.05) is 26.0 Å². The molecular formula is C15H27N2O4P. The van der Waals surface area contributed by atoms with Crippen molar-refractivity contribution >= 4 is 19.1 Å². The molecule has 0 aromatic carbocycles. The van der Waals surface area contributed by atoms with Gasteiger partial charge in [-0.3, -0.25) is 4.79 Å². The van der Waals surface area contributed by atoms with Crippen molar-refractivity contribution in [3.05, 3.63) is 12.4 Å². The van der Waals surface area contributed by atoms with Crippen molar-refractivity contribution in [2.24, 2.45) is 5.92 Å². The second kappa shape index (κ2) is 6.36. The molecular weight excluding hydrogens is 303 g/mol. The van der Waals surface area contributed by atoms with Crippen molar-refractivity contribution in [1.82, 2.24) is 10.2 Å². The number of rotatable bonds is 4. The molecule has 7 heteroatoms. The van der Waals surface area contributed by atoms with E-state index in [4.69, 9.17) is 4.74 Å². The van der Waals surface area contributed by atoms with E-state index in [0.29, 0.717) is 18.8 Å². The Labute approximate surface area is 132 Å². The van der Waals surface area contributed by atoms with Crippen LogP contribution in [-0.2, 0) is 9.53 Å². The zero-order chi connectivity index (χ0) is 16.7. The van der Waals surface area contributed by atoms with Crippen LogP contribution < -0.4 is 5.32 Å². The van der Waals surface area contributed by atoms with E-state index in [1.807, 2.05) is 0 Å². The van der Waals surface area contributed by atoms with E-state index in [1.54, 1.807) is 11.8 Å². The van der Waals surface area contributed by atoms with Gasteiger partial charge in [0.1, 0.15) is 18.0 Å². The summed E-state index contributed by atoms with van der Waals surface area (Å²) < 4.78 is 5.88. The summed E-state index contributed by atoms with van der Waals surface area (Å²) in [6.45, 7) is 9.09. The number of ether oxygens (including phenoxy) is 1. The quantitative estimate of drug-likeness (QED) is 0.636. The Balaban J connectivity index is 2.04. The van der Waals surface area contributed by atoms with Gasteiger partial charge in [-0.1, -0.05) is 13.5 Å². The molecule has 6 nitrogen and oxygen atoms in total. The Bertz CT molecular complexity index is 504. The fourth-order valence-electron chi connectivity index (χ4n) is 2.78. The Morgan fingerprint density at radius 1 is 1.41 bits per heavy atom. The standard InChI is InChI=1S/C15H27N2O4P/c1-9-8-17(10(2)16-14(9)20)15-13(19)12(18)11(21-15)6-7-22(3,4)5/h9,11-13,15,18-19H,2-3,6-8H2,1,4-5H3,(H,16,20)/t9?,11-,12-,13?,15-/m1/s1. The normalized spacial score (nSPS) is 36.6. The van der Waals surface area contributed by atoms with Crippen LogP contribution in [0.5, 0.6) is 0 Å². The highest BCUT2D eigenvalue weighted by atomic mass is 31.2. The molecule has 3 N–H and O–H groups in total. The molecule has 1 amide bonds. The molecule has 0 radical (unpaired) electrons. The molecule has 2 aliphatic rings. The van der Waals surface area contributed by atoms with Gasteiger partial charge in [0.05, 0.1) is 12.0 Å². The minimum Gasteiger partial charge on any atom is -0.388 e. The number of hydrogen-bond donors (Lipinski definition) is 3. The summed E-state index contributed by atoms with van der Waals surface area (Å²) in [5.74, 6) is 0.0987. The van der Waals surface area contributed by atoms with Crippen molar-refractivity contribution < 1.29 is 19.7 Å². The molecule has 2 saturated heterocycles. The maximum absolute atomic E-state index is 11.6. The molecule has 0 aromatic rings. The van der Waals surface area contributed by atoms with Gasteiger partial charge in [0.15, 0.2) is 6.23 Å². The molecule has 126 valence electrons. The third-order valence-corrected chi connectivity index (χ3v) is 5.66. The molecule has 0 bridgehead atoms. The first-order chi connectivity index (χ1) is 10.1. The molecule has 0 aliphatic carbocycles. The van der Waals surface area contributed by atoms with Crippen LogP contribution in [0.3, 0.4) is 0 Å². The van der Waals surface area contributed by atoms with E-state index in [2.05, 4.69) is 31.5 Å². The van der Waals surface area contributed by atoms with Gasteiger partial charge >= 0.3 is 0 Å². The highest BCUT2D eigenvalue weighted by molar-refractivity contribution is 7.72. The number of carbonyl (C=O) groups excluding carboxylic acids is 1. The Hall–Kier alpha value is -0.810. The molecule has 5 atom stereocenters. The highest BCUT2D eigenvalue weighted by Gasteiger charge is 2.47. The number of amides is 1. The van der Waals surface area contributed by atoms with Crippen LogP contribution in [0.2, 0.25) is 0 Å². The van der Waals surface area contributed by atoms with Crippen LogP contribution in [-0.4, -0.2) is 77.9 Å². The first-order valence-electron chi connectivity index (χ1n) is 7.55. The lowest BCUT2D eigenvalue weighted by Crippen LogP contribution is -2.54. The first kappa shape index (κ1) is 17.5. The molecule has 2 heterocycles. The fraction of sp³-hybridized carbons (Fsp3) is 0.733. The molecule has 22 heavy (non-hydrogen) atoms. The summed E-state index contributed by atoms with van der Waals surface area (Å²) in [5, 5.41) is 23.2. The monoisotopic (exact) mass is 330 g/mol. The SMILES string of the molecule is C=C1NC(=O)C(C)CN1[C@@H]1O[C@H](CCP(=C)(C)C)[C@@H](O)C1O. The minimum absolute atomic E-state index is 0.0885. The van der Waals surface area contributed by atoms with Gasteiger partial charge in [-0.15, -0.1) is 13.2 Å². The lowest BCUT2D eigenvalue weighted by atomic mass is 10.1. The highest BCUT2D eigenvalue weighted by Crippen LogP contribution is 2.38. The van der Waals surface area contributed by atoms with Gasteiger partial charge in [-0.05, 0) is 25.9 Å². The van der Waals surface area contributed by atoms with Gasteiger partial charge < -0.3 is 25.2 Å². The van der Waals surface area contributed by atoms with Crippen LogP contribution >= 0.6 is 6.89 Å². The molecule has 2 unspecified atom stereocenters. The molecule has 2 fully saturated rings. The number of nitrogens with one attached hydrogen (secondary N) is 1. The van der Waals surface area contributed by atoms with Crippen molar-refractivity contribution in [1.29, 1.82) is 0 Å². The molecule has 2 rings (SSSR count). The van der Waals surface area contributed by atoms with E-state index >= 15 is 0 Å². The van der Waals surface area contributed by atoms with Crippen molar-refractivity contribution in [2.45, 2.75) is 37.9 Å². The molecule has 0 spiro atoms. The average Bonchev–Trinajstić information content (AvgIpc) is 2.68. The topological polar surface area (TPSA) is 82.0 Å². The van der Waals surface area contributed by atoms with Crippen LogP contribution in [0.15, 0.2) is 12.4 Å². The van der Waals surface area contributed by atoms with Crippen LogP contribution in [0, 0.1) is 5.92 Å². The number of aliphatic hydroxyl groups excluding tert-OH is 2. The zero-order valence-electron chi connectivity index (χ0n) is 13.5. The van der Waals surface area contributed by atoms with Gasteiger partial charge in [0.2, 0.25) is 5.91 Å². The Morgan fingerprint density at radius 2 is 2.05 bits per heavy atom. The van der Waals surface area contributed by atoms with Crippen molar-refractivity contribution in [3.63, 3.8) is 0 Å². The number of carbonyl (C=O) groups is 1. The minimum atomic E-state index is -1.21. The zero-order valence-corrected chi connectivity index (χ0v) is 14.4. The van der Waals surface area contributed by atoms with Crippen LogP contribution in [0.4, 0.5) is 0 Å². The van der Waals surface area contributed by atoms with Gasteiger partial charge in [0.25, 0.3) is 0 Å². The Morgan fingerprint density at radius 3 is 2.64 bits per heavy atom. The second-order valence-electron chi connectivity index (χ2n) is 6.98. The molecule has 2 aliphatic heterocycles. The lowest BCUT2D eigenvalue weighted by molar-refractivity contribution is -0.133. The van der Waals surface area contributed by atoms with Crippen LogP contribution in [0.25, 0.3) is 0 Å². The van der Waals surface area contributed by atoms with Crippen LogP contribution in [0.1, 0.15) is 13.3 Å². The summed E-state index contributed by atoms with van der Waals surface area (Å²) in [6.07, 6.45) is 2.67. The fourth-order valence-corrected chi connectivity index (χ4v) is 3.74. The molecule has 0 aromatic heterocycles. The smallest absolute Gasteiger partial charge is 0.230 e. The van der Waals surface area contributed by atoms with E-state index in [1.165, 1.54) is 0 Å². The predicted molar refractivity (Wildman–Crippen MR) is 89.2 cm³/mol. The maximum Gasteiger partial charge on any atom is 0.230 e. The summed E-state index contributed by atoms with van der Waals surface area (Å²) >= 11 is 0. The largest absolute Gasteiger partial charge is 0.388 e. The average molecular weight is 330 g/mol. The van der Waals surface area contributed by atoms with Crippen molar-refractivity contribution in [3.8, 4) is 0 Å². The number of aliphatic hydroxyl groups is 2. The summed E-state index contributed by atoms with van der Waals surface area (Å²) in [4.78, 5) is 13.4. The first-order valence-corrected chi connectivity index (χ1v) is 10.6. The van der Waals surface area contributed by atoms with E-state index < -0.39 is 31.4 Å². The van der Waals surface area contributed by atoms with E-state index in [-0.39, 0.29) is 11.8 Å². The Kier molecular flexibility index (Phi) is 5.07. The van der Waals surface area contributed by atoms with E-state index in [0.717, 1.165) is 6.16 Å². The van der Waals surface area contributed by atoms with Gasteiger partial charge in [-0.2, -0.15) is 0 Å². The third-order valence-electron chi connectivity index (χ3n) is 4.20. The van der Waals surface area contributed by atoms with E-state index in [9.17, 15) is 15.0 Å². The van der Waals surface area contributed by atoms with Gasteiger partial charge in [0, 0.05) is 6.54 Å². The van der Waals surface area contributed by atoms with Gasteiger partial charge in [-0.25, -0.2) is 0 Å². The molecule has 0 saturated carbocycles.